The predicted molar refractivity (Wildman–Crippen MR) is 84.5 cm³/mol. The molecule has 2 heterocycles. The first-order valence-electron chi connectivity index (χ1n) is 8.13. The molecule has 0 unspecified atom stereocenters. The first-order chi connectivity index (χ1) is 11.5. The molecule has 0 bridgehead atoms. The lowest BCUT2D eigenvalue weighted by Gasteiger charge is -2.42. The minimum Gasteiger partial charge on any atom is -0.497 e. The zero-order valence-corrected chi connectivity index (χ0v) is 13.4. The van der Waals surface area contributed by atoms with Crippen LogP contribution in [0.4, 0.5) is 4.79 Å². The van der Waals surface area contributed by atoms with E-state index >= 15 is 0 Å². The first-order valence-corrected chi connectivity index (χ1v) is 8.13. The Hall–Kier alpha value is -2.57. The van der Waals surface area contributed by atoms with Crippen molar-refractivity contribution >= 4 is 17.8 Å². The number of amides is 4. The van der Waals surface area contributed by atoms with Crippen molar-refractivity contribution in [1.29, 1.82) is 0 Å². The number of carbonyl (C=O) groups excluding carboxylic acids is 3. The molecule has 1 atom stereocenters. The summed E-state index contributed by atoms with van der Waals surface area (Å²) in [6.07, 6.45) is 2.81. The van der Waals surface area contributed by atoms with Gasteiger partial charge in [-0.15, -0.1) is 0 Å². The van der Waals surface area contributed by atoms with Gasteiger partial charge in [0.15, 0.2) is 0 Å². The van der Waals surface area contributed by atoms with E-state index in [9.17, 15) is 14.4 Å². The van der Waals surface area contributed by atoms with Gasteiger partial charge in [0.05, 0.1) is 13.7 Å². The number of fused-ring (bicyclic) bond motifs is 1. The van der Waals surface area contributed by atoms with Crippen LogP contribution in [0, 0.1) is 5.92 Å². The highest BCUT2D eigenvalue weighted by Gasteiger charge is 2.55. The number of hydrogen-bond acceptors (Lipinski definition) is 4. The number of ether oxygens (including phenoxy) is 1. The van der Waals surface area contributed by atoms with E-state index < -0.39 is 11.6 Å². The normalized spacial score (nSPS) is 26.0. The molecule has 126 valence electrons. The van der Waals surface area contributed by atoms with E-state index in [0.717, 1.165) is 24.8 Å². The molecule has 1 saturated heterocycles. The van der Waals surface area contributed by atoms with Crippen LogP contribution in [0.15, 0.2) is 18.2 Å². The summed E-state index contributed by atoms with van der Waals surface area (Å²) in [5.74, 6) is 0.259. The fourth-order valence-corrected chi connectivity index (χ4v) is 3.83. The van der Waals surface area contributed by atoms with Gasteiger partial charge in [0.1, 0.15) is 11.3 Å². The second-order valence-electron chi connectivity index (χ2n) is 6.69. The van der Waals surface area contributed by atoms with Crippen molar-refractivity contribution in [2.45, 2.75) is 31.3 Å². The summed E-state index contributed by atoms with van der Waals surface area (Å²) >= 11 is 0. The molecule has 1 aliphatic carbocycles. The molecule has 24 heavy (non-hydrogen) atoms. The van der Waals surface area contributed by atoms with Gasteiger partial charge in [-0.25, -0.2) is 4.79 Å². The van der Waals surface area contributed by atoms with Crippen LogP contribution in [0.2, 0.25) is 0 Å². The van der Waals surface area contributed by atoms with Gasteiger partial charge in [-0.2, -0.15) is 0 Å². The molecule has 4 rings (SSSR count). The Morgan fingerprint density at radius 1 is 1.29 bits per heavy atom. The second-order valence-corrected chi connectivity index (χ2v) is 6.69. The van der Waals surface area contributed by atoms with Gasteiger partial charge in [0.2, 0.25) is 0 Å². The average molecular weight is 329 g/mol. The summed E-state index contributed by atoms with van der Waals surface area (Å²) in [7, 11) is 1.56. The molecule has 7 heteroatoms. The van der Waals surface area contributed by atoms with Crippen molar-refractivity contribution in [2.75, 3.05) is 13.7 Å². The lowest BCUT2D eigenvalue weighted by atomic mass is 9.70. The third-order valence-corrected chi connectivity index (χ3v) is 5.41. The number of urea groups is 1. The van der Waals surface area contributed by atoms with Gasteiger partial charge >= 0.3 is 6.03 Å². The van der Waals surface area contributed by atoms with Gasteiger partial charge in [-0.3, -0.25) is 14.9 Å². The number of carbonyl (C=O) groups is 3. The molecule has 0 aromatic heterocycles. The maximum absolute atomic E-state index is 12.7. The number of nitrogens with zero attached hydrogens (tertiary/aromatic N) is 1. The third-order valence-electron chi connectivity index (χ3n) is 5.41. The number of hydrogen-bond donors (Lipinski definition) is 2. The highest BCUT2D eigenvalue weighted by molar-refractivity contribution is 6.08. The Kier molecular flexibility index (Phi) is 3.26. The molecular formula is C17H19N3O4. The zero-order valence-electron chi connectivity index (χ0n) is 13.4. The third kappa shape index (κ3) is 2.07. The van der Waals surface area contributed by atoms with E-state index in [2.05, 4.69) is 10.6 Å². The van der Waals surface area contributed by atoms with Crippen molar-refractivity contribution in [3.8, 4) is 5.75 Å². The van der Waals surface area contributed by atoms with Crippen LogP contribution >= 0.6 is 0 Å². The average Bonchev–Trinajstić information content (AvgIpc) is 2.95. The fourth-order valence-electron chi connectivity index (χ4n) is 3.83. The minimum absolute atomic E-state index is 0.0787. The predicted octanol–water partition coefficient (Wildman–Crippen LogP) is 1.03. The van der Waals surface area contributed by atoms with Crippen molar-refractivity contribution in [3.63, 3.8) is 0 Å². The van der Waals surface area contributed by atoms with Gasteiger partial charge in [0.25, 0.3) is 11.8 Å². The minimum atomic E-state index is -1.00. The Morgan fingerprint density at radius 3 is 2.67 bits per heavy atom. The van der Waals surface area contributed by atoms with E-state index in [-0.39, 0.29) is 24.3 Å². The lowest BCUT2D eigenvalue weighted by molar-refractivity contribution is -0.127. The smallest absolute Gasteiger partial charge is 0.322 e. The molecule has 4 amide bonds. The molecular weight excluding hydrogens is 310 g/mol. The number of imide groups is 1. The summed E-state index contributed by atoms with van der Waals surface area (Å²) in [6.45, 7) is 0.640. The summed E-state index contributed by atoms with van der Waals surface area (Å²) in [5.41, 5.74) is 0.508. The van der Waals surface area contributed by atoms with E-state index in [1.54, 1.807) is 18.1 Å². The van der Waals surface area contributed by atoms with Gasteiger partial charge in [-0.05, 0) is 36.5 Å². The SMILES string of the molecule is COc1ccc2c(c1)C(=O)N(C[C@@]1(C3CCC3)NC(=O)NC1=O)C2. The van der Waals surface area contributed by atoms with Crippen LogP contribution in [-0.4, -0.2) is 41.9 Å². The first kappa shape index (κ1) is 15.0. The standard InChI is InChI=1S/C17H19N3O4/c1-24-12-6-5-10-8-20(14(21)13(10)7-12)9-17(11-3-2-4-11)15(22)18-16(23)19-17/h5-7,11H,2-4,8-9H2,1H3,(H2,18,19,22,23)/t17-/m0/s1. The maximum atomic E-state index is 12.7. The van der Waals surface area contributed by atoms with Gasteiger partial charge in [-0.1, -0.05) is 12.5 Å². The number of methoxy groups -OCH3 is 1. The Balaban J connectivity index is 1.61. The Bertz CT molecular complexity index is 743. The van der Waals surface area contributed by atoms with Gasteiger partial charge < -0.3 is 15.0 Å². The van der Waals surface area contributed by atoms with Crippen molar-refractivity contribution in [3.05, 3.63) is 29.3 Å². The molecule has 3 aliphatic rings. The second kappa shape index (κ2) is 5.22. The van der Waals surface area contributed by atoms with Crippen LogP contribution in [0.1, 0.15) is 35.2 Å². The van der Waals surface area contributed by atoms with Crippen LogP contribution < -0.4 is 15.4 Å². The summed E-state index contributed by atoms with van der Waals surface area (Å²) in [5, 5.41) is 5.14. The summed E-state index contributed by atoms with van der Waals surface area (Å²) in [6, 6.07) is 4.94. The maximum Gasteiger partial charge on any atom is 0.322 e. The molecule has 2 fully saturated rings. The number of benzene rings is 1. The molecule has 2 aliphatic heterocycles. The van der Waals surface area contributed by atoms with Crippen LogP contribution in [0.25, 0.3) is 0 Å². The molecule has 0 spiro atoms. The van der Waals surface area contributed by atoms with Gasteiger partial charge in [0, 0.05) is 12.1 Å². The lowest BCUT2D eigenvalue weighted by Crippen LogP contribution is -2.61. The Morgan fingerprint density at radius 2 is 2.08 bits per heavy atom. The topological polar surface area (TPSA) is 87.7 Å². The molecule has 1 aromatic carbocycles. The van der Waals surface area contributed by atoms with Crippen LogP contribution in [0.3, 0.4) is 0 Å². The molecule has 0 radical (unpaired) electrons. The van der Waals surface area contributed by atoms with E-state index in [4.69, 9.17) is 4.74 Å². The van der Waals surface area contributed by atoms with Crippen molar-refractivity contribution in [1.82, 2.24) is 15.5 Å². The largest absolute Gasteiger partial charge is 0.497 e. The molecule has 1 aromatic rings. The number of rotatable bonds is 4. The zero-order chi connectivity index (χ0) is 16.9. The van der Waals surface area contributed by atoms with Crippen LogP contribution in [-0.2, 0) is 11.3 Å². The van der Waals surface area contributed by atoms with E-state index in [1.165, 1.54) is 0 Å². The molecule has 7 nitrogen and oxygen atoms in total. The monoisotopic (exact) mass is 329 g/mol. The Labute approximate surface area is 139 Å². The van der Waals surface area contributed by atoms with E-state index in [1.807, 2.05) is 12.1 Å². The van der Waals surface area contributed by atoms with E-state index in [0.29, 0.717) is 17.9 Å². The highest BCUT2D eigenvalue weighted by atomic mass is 16.5. The summed E-state index contributed by atoms with van der Waals surface area (Å²) in [4.78, 5) is 38.5. The van der Waals surface area contributed by atoms with Crippen molar-refractivity contribution < 1.29 is 19.1 Å². The molecule has 1 saturated carbocycles. The molecule has 2 N–H and O–H groups in total. The van der Waals surface area contributed by atoms with Crippen molar-refractivity contribution in [2.24, 2.45) is 5.92 Å². The quantitative estimate of drug-likeness (QED) is 0.808. The fraction of sp³-hybridized carbons (Fsp3) is 0.471. The summed E-state index contributed by atoms with van der Waals surface area (Å²) < 4.78 is 5.18. The van der Waals surface area contributed by atoms with Crippen LogP contribution in [0.5, 0.6) is 5.75 Å². The number of nitrogens with one attached hydrogen (secondary N) is 2. The highest BCUT2D eigenvalue weighted by Crippen LogP contribution is 2.39.